The predicted molar refractivity (Wildman–Crippen MR) is 118 cm³/mol. The minimum Gasteiger partial charge on any atom is -0.325 e. The maximum absolute atomic E-state index is 13.0. The minimum absolute atomic E-state index is 0.0130. The third-order valence-electron chi connectivity index (χ3n) is 4.85. The van der Waals surface area contributed by atoms with Crippen molar-refractivity contribution < 1.29 is 14.4 Å². The molecule has 4 rings (SSSR count). The number of carbonyl (C=O) groups excluding carboxylic acids is 3. The Labute approximate surface area is 182 Å². The molecule has 0 fully saturated rings. The molecule has 8 heteroatoms. The van der Waals surface area contributed by atoms with Gasteiger partial charge in [0.05, 0.1) is 17.0 Å². The van der Waals surface area contributed by atoms with E-state index in [0.717, 1.165) is 18.2 Å². The zero-order chi connectivity index (χ0) is 22.0. The van der Waals surface area contributed by atoms with Crippen molar-refractivity contribution in [1.29, 1.82) is 0 Å². The van der Waals surface area contributed by atoms with Gasteiger partial charge in [-0.25, -0.2) is 4.98 Å². The number of fused-ring (bicyclic) bond motifs is 2. The molecule has 0 radical (unpaired) electrons. The summed E-state index contributed by atoms with van der Waals surface area (Å²) >= 11 is 1.10. The van der Waals surface area contributed by atoms with Gasteiger partial charge < -0.3 is 10.3 Å². The molecule has 1 amide bonds. The van der Waals surface area contributed by atoms with E-state index in [1.165, 1.54) is 6.07 Å². The Hall–Kier alpha value is -3.52. The smallest absolute Gasteiger partial charge is 0.251 e. The van der Waals surface area contributed by atoms with Crippen LogP contribution in [0.2, 0.25) is 0 Å². The molecule has 2 aromatic carbocycles. The van der Waals surface area contributed by atoms with Gasteiger partial charge in [0.15, 0.2) is 16.7 Å². The molecule has 0 unspecified atom stereocenters. The first-order valence-electron chi connectivity index (χ1n) is 9.82. The van der Waals surface area contributed by atoms with Gasteiger partial charge in [0.1, 0.15) is 0 Å². The van der Waals surface area contributed by atoms with Gasteiger partial charge in [-0.3, -0.25) is 19.2 Å². The number of amides is 1. The molecular weight excluding hydrogens is 414 g/mol. The van der Waals surface area contributed by atoms with E-state index in [1.807, 2.05) is 6.92 Å². The van der Waals surface area contributed by atoms with Crippen LogP contribution in [0, 0.1) is 0 Å². The summed E-state index contributed by atoms with van der Waals surface area (Å²) in [6.45, 7) is 1.99. The number of carbonyl (C=O) groups is 3. The van der Waals surface area contributed by atoms with E-state index in [4.69, 9.17) is 0 Å². The molecule has 0 atom stereocenters. The average molecular weight is 433 g/mol. The zero-order valence-corrected chi connectivity index (χ0v) is 17.5. The third-order valence-corrected chi connectivity index (χ3v) is 5.72. The molecule has 156 valence electrons. The summed E-state index contributed by atoms with van der Waals surface area (Å²) in [5.41, 5.74) is 1.85. The second kappa shape index (κ2) is 8.69. The second-order valence-electron chi connectivity index (χ2n) is 7.06. The maximum atomic E-state index is 13.0. The molecule has 31 heavy (non-hydrogen) atoms. The summed E-state index contributed by atoms with van der Waals surface area (Å²) in [6.07, 6.45) is 1.54. The lowest BCUT2D eigenvalue weighted by Gasteiger charge is -2.20. The Balaban J connectivity index is 1.53. The number of aromatic nitrogens is 2. The van der Waals surface area contributed by atoms with Crippen molar-refractivity contribution >= 4 is 34.9 Å². The number of hydrogen-bond donors (Lipinski definition) is 2. The van der Waals surface area contributed by atoms with Crippen molar-refractivity contribution in [2.45, 2.75) is 24.9 Å². The van der Waals surface area contributed by atoms with Crippen LogP contribution in [-0.4, -0.2) is 33.2 Å². The van der Waals surface area contributed by atoms with E-state index in [1.54, 1.807) is 42.5 Å². The molecule has 0 saturated carbocycles. The first-order valence-corrected chi connectivity index (χ1v) is 10.8. The van der Waals surface area contributed by atoms with Crippen LogP contribution in [0.25, 0.3) is 0 Å². The molecule has 7 nitrogen and oxygen atoms in total. The van der Waals surface area contributed by atoms with Crippen LogP contribution in [-0.2, 0) is 11.2 Å². The van der Waals surface area contributed by atoms with Gasteiger partial charge in [-0.1, -0.05) is 61.5 Å². The standard InChI is InChI=1S/C23H19N3O4S/c1-2-6-13-11-18(27)26-23(24-13)31-12-19(28)25-17-10-5-9-16-20(17)22(30)15-8-4-3-7-14(15)21(16)29/h3-5,7-11H,2,6,12H2,1H3,(H,25,28)(H,24,26,27). The van der Waals surface area contributed by atoms with Crippen LogP contribution < -0.4 is 10.9 Å². The van der Waals surface area contributed by atoms with Gasteiger partial charge >= 0.3 is 0 Å². The van der Waals surface area contributed by atoms with Crippen LogP contribution in [0.1, 0.15) is 50.9 Å². The summed E-state index contributed by atoms with van der Waals surface area (Å²) in [5.74, 6) is -0.931. The van der Waals surface area contributed by atoms with Crippen LogP contribution in [0.15, 0.2) is 58.5 Å². The highest BCUT2D eigenvalue weighted by Crippen LogP contribution is 2.32. The number of anilines is 1. The molecule has 2 N–H and O–H groups in total. The fourth-order valence-corrected chi connectivity index (χ4v) is 4.20. The van der Waals surface area contributed by atoms with Crippen molar-refractivity contribution in [3.05, 3.63) is 86.8 Å². The van der Waals surface area contributed by atoms with Crippen molar-refractivity contribution in [3.63, 3.8) is 0 Å². The lowest BCUT2D eigenvalue weighted by molar-refractivity contribution is -0.113. The van der Waals surface area contributed by atoms with E-state index >= 15 is 0 Å². The van der Waals surface area contributed by atoms with Crippen LogP contribution in [0.4, 0.5) is 5.69 Å². The van der Waals surface area contributed by atoms with Gasteiger partial charge in [-0.2, -0.15) is 0 Å². The lowest BCUT2D eigenvalue weighted by Crippen LogP contribution is -2.24. The van der Waals surface area contributed by atoms with Crippen molar-refractivity contribution in [3.8, 4) is 0 Å². The molecular formula is C23H19N3O4S. The highest BCUT2D eigenvalue weighted by Gasteiger charge is 2.31. The van der Waals surface area contributed by atoms with Gasteiger partial charge in [0.2, 0.25) is 5.91 Å². The Morgan fingerprint density at radius 3 is 2.45 bits per heavy atom. The minimum atomic E-state index is -0.374. The van der Waals surface area contributed by atoms with Gasteiger partial charge in [-0.15, -0.1) is 0 Å². The van der Waals surface area contributed by atoms with Crippen molar-refractivity contribution in [2.75, 3.05) is 11.1 Å². The number of ketones is 2. The quantitative estimate of drug-likeness (QED) is 0.357. The number of benzene rings is 2. The molecule has 0 aliphatic heterocycles. The fraction of sp³-hybridized carbons (Fsp3) is 0.174. The monoisotopic (exact) mass is 433 g/mol. The molecule has 0 saturated heterocycles. The molecule has 1 aromatic heterocycles. The number of nitrogens with zero attached hydrogens (tertiary/aromatic N) is 1. The van der Waals surface area contributed by atoms with Gasteiger partial charge in [0, 0.05) is 28.5 Å². The Kier molecular flexibility index (Phi) is 5.81. The molecule has 0 bridgehead atoms. The number of aromatic amines is 1. The first-order chi connectivity index (χ1) is 15.0. The number of aryl methyl sites for hydroxylation is 1. The molecule has 1 aliphatic rings. The molecule has 0 spiro atoms. The first kappa shape index (κ1) is 20.7. The number of nitrogens with one attached hydrogen (secondary N) is 2. The van der Waals surface area contributed by atoms with Gasteiger partial charge in [-0.05, 0) is 12.5 Å². The lowest BCUT2D eigenvalue weighted by atomic mass is 9.83. The summed E-state index contributed by atoms with van der Waals surface area (Å²) < 4.78 is 0. The van der Waals surface area contributed by atoms with Crippen molar-refractivity contribution in [1.82, 2.24) is 9.97 Å². The number of hydrogen-bond acceptors (Lipinski definition) is 6. The van der Waals surface area contributed by atoms with E-state index in [0.29, 0.717) is 28.4 Å². The maximum Gasteiger partial charge on any atom is 0.251 e. The SMILES string of the molecule is CCCc1cc(=O)[nH]c(SCC(=O)Nc2cccc3c2C(=O)c2ccccc2C3=O)n1. The Morgan fingerprint density at radius 1 is 1.00 bits per heavy atom. The van der Waals surface area contributed by atoms with E-state index < -0.39 is 0 Å². The summed E-state index contributed by atoms with van der Waals surface area (Å²) in [4.78, 5) is 57.1. The normalized spacial score (nSPS) is 12.3. The van der Waals surface area contributed by atoms with Crippen LogP contribution in [0.5, 0.6) is 0 Å². The number of thioether (sulfide) groups is 1. The Morgan fingerprint density at radius 2 is 1.71 bits per heavy atom. The molecule has 3 aromatic rings. The summed E-state index contributed by atoms with van der Waals surface area (Å²) in [6, 6.07) is 12.9. The van der Waals surface area contributed by atoms with Gasteiger partial charge in [0.25, 0.3) is 5.56 Å². The molecule has 1 aliphatic carbocycles. The highest BCUT2D eigenvalue weighted by molar-refractivity contribution is 7.99. The second-order valence-corrected chi connectivity index (χ2v) is 8.02. The van der Waals surface area contributed by atoms with Crippen molar-refractivity contribution in [2.24, 2.45) is 0 Å². The fourth-order valence-electron chi connectivity index (χ4n) is 3.51. The zero-order valence-electron chi connectivity index (χ0n) is 16.7. The largest absolute Gasteiger partial charge is 0.325 e. The highest BCUT2D eigenvalue weighted by atomic mass is 32.2. The van der Waals surface area contributed by atoms with E-state index in [9.17, 15) is 19.2 Å². The predicted octanol–water partition coefficient (Wildman–Crippen LogP) is 3.23. The van der Waals surface area contributed by atoms with E-state index in [-0.39, 0.29) is 45.6 Å². The third kappa shape index (κ3) is 4.20. The topological polar surface area (TPSA) is 109 Å². The number of H-pyrrole nitrogens is 1. The summed E-state index contributed by atoms with van der Waals surface area (Å²) in [5, 5.41) is 3.09. The van der Waals surface area contributed by atoms with Crippen LogP contribution >= 0.6 is 11.8 Å². The van der Waals surface area contributed by atoms with E-state index in [2.05, 4.69) is 15.3 Å². The number of rotatable bonds is 6. The average Bonchev–Trinajstić information content (AvgIpc) is 2.76. The molecule has 1 heterocycles. The Bertz CT molecular complexity index is 1270. The van der Waals surface area contributed by atoms with Crippen LogP contribution in [0.3, 0.4) is 0 Å². The summed E-state index contributed by atoms with van der Waals surface area (Å²) in [7, 11) is 0.